The second-order valence-corrected chi connectivity index (χ2v) is 5.49. The first-order valence-corrected chi connectivity index (χ1v) is 7.39. The standard InChI is InChI=1S/C14H16N4OS/c1-3-5-15-12-9-18-7-6-16-13(18)14(17-12)20-11-4-8-19-10(11)2/h4,6-9,15H,3,5H2,1-2H3. The molecule has 0 aliphatic carbocycles. The maximum atomic E-state index is 5.33. The number of hydrogen-bond donors (Lipinski definition) is 1. The fourth-order valence-electron chi connectivity index (χ4n) is 1.89. The van der Waals surface area contributed by atoms with Crippen LogP contribution in [0.15, 0.2) is 45.3 Å². The molecular formula is C14H16N4OS. The van der Waals surface area contributed by atoms with Gasteiger partial charge in [-0.25, -0.2) is 9.97 Å². The molecule has 0 aliphatic rings. The van der Waals surface area contributed by atoms with Crippen LogP contribution in [0.3, 0.4) is 0 Å². The van der Waals surface area contributed by atoms with Gasteiger partial charge in [0.1, 0.15) is 16.6 Å². The van der Waals surface area contributed by atoms with Crippen molar-refractivity contribution < 1.29 is 4.42 Å². The molecule has 104 valence electrons. The van der Waals surface area contributed by atoms with Gasteiger partial charge in [0, 0.05) is 18.9 Å². The molecule has 0 spiro atoms. The first-order valence-electron chi connectivity index (χ1n) is 6.57. The van der Waals surface area contributed by atoms with Gasteiger partial charge >= 0.3 is 0 Å². The van der Waals surface area contributed by atoms with Gasteiger partial charge in [-0.05, 0) is 19.4 Å². The van der Waals surface area contributed by atoms with Crippen LogP contribution in [-0.2, 0) is 0 Å². The molecule has 0 aromatic carbocycles. The molecule has 0 bridgehead atoms. The maximum absolute atomic E-state index is 5.33. The van der Waals surface area contributed by atoms with Crippen LogP contribution in [0.1, 0.15) is 19.1 Å². The van der Waals surface area contributed by atoms with Crippen LogP contribution in [0.5, 0.6) is 0 Å². The van der Waals surface area contributed by atoms with Crippen molar-refractivity contribution in [3.8, 4) is 0 Å². The summed E-state index contributed by atoms with van der Waals surface area (Å²) in [4.78, 5) is 10.1. The molecule has 3 rings (SSSR count). The Morgan fingerprint density at radius 2 is 2.35 bits per heavy atom. The minimum absolute atomic E-state index is 0.859. The van der Waals surface area contributed by atoms with E-state index >= 15 is 0 Å². The van der Waals surface area contributed by atoms with Crippen molar-refractivity contribution in [1.82, 2.24) is 14.4 Å². The lowest BCUT2D eigenvalue weighted by Gasteiger charge is -2.08. The second kappa shape index (κ2) is 5.58. The lowest BCUT2D eigenvalue weighted by Crippen LogP contribution is -2.04. The third kappa shape index (κ3) is 2.51. The highest BCUT2D eigenvalue weighted by Crippen LogP contribution is 2.32. The highest BCUT2D eigenvalue weighted by molar-refractivity contribution is 7.99. The molecule has 0 unspecified atom stereocenters. The largest absolute Gasteiger partial charge is 0.468 e. The molecule has 0 atom stereocenters. The van der Waals surface area contributed by atoms with Gasteiger partial charge in [-0.2, -0.15) is 0 Å². The Morgan fingerprint density at radius 3 is 3.10 bits per heavy atom. The predicted molar refractivity (Wildman–Crippen MR) is 79.3 cm³/mol. The van der Waals surface area contributed by atoms with E-state index in [0.29, 0.717) is 0 Å². The van der Waals surface area contributed by atoms with Crippen LogP contribution in [0.2, 0.25) is 0 Å². The summed E-state index contributed by atoms with van der Waals surface area (Å²) in [7, 11) is 0. The second-order valence-electron chi connectivity index (χ2n) is 4.46. The molecule has 1 N–H and O–H groups in total. The van der Waals surface area contributed by atoms with Gasteiger partial charge in [0.15, 0.2) is 5.65 Å². The summed E-state index contributed by atoms with van der Waals surface area (Å²) in [6.07, 6.45) is 8.43. The van der Waals surface area contributed by atoms with E-state index < -0.39 is 0 Å². The van der Waals surface area contributed by atoms with Crippen molar-refractivity contribution in [1.29, 1.82) is 0 Å². The Morgan fingerprint density at radius 1 is 1.45 bits per heavy atom. The highest BCUT2D eigenvalue weighted by atomic mass is 32.2. The number of aromatic nitrogens is 3. The van der Waals surface area contributed by atoms with Crippen molar-refractivity contribution in [3.05, 3.63) is 36.7 Å². The number of imidazole rings is 1. The van der Waals surface area contributed by atoms with Crippen LogP contribution in [0, 0.1) is 6.92 Å². The Balaban J connectivity index is 1.99. The SMILES string of the molecule is CCCNc1cn2ccnc2c(Sc2ccoc2C)n1. The summed E-state index contributed by atoms with van der Waals surface area (Å²) in [6, 6.07) is 1.95. The van der Waals surface area contributed by atoms with Crippen molar-refractivity contribution >= 4 is 23.2 Å². The molecule has 0 radical (unpaired) electrons. The average molecular weight is 288 g/mol. The van der Waals surface area contributed by atoms with Gasteiger partial charge in [-0.3, -0.25) is 0 Å². The van der Waals surface area contributed by atoms with E-state index in [1.54, 1.807) is 24.2 Å². The van der Waals surface area contributed by atoms with Crippen LogP contribution < -0.4 is 5.32 Å². The number of nitrogens with one attached hydrogen (secondary N) is 1. The van der Waals surface area contributed by atoms with E-state index in [9.17, 15) is 0 Å². The van der Waals surface area contributed by atoms with E-state index in [0.717, 1.165) is 40.1 Å². The molecule has 20 heavy (non-hydrogen) atoms. The molecule has 0 amide bonds. The number of furan rings is 1. The third-order valence-electron chi connectivity index (χ3n) is 2.92. The van der Waals surface area contributed by atoms with E-state index in [2.05, 4.69) is 22.2 Å². The van der Waals surface area contributed by atoms with Gasteiger partial charge in [0.25, 0.3) is 0 Å². The normalized spacial score (nSPS) is 11.1. The average Bonchev–Trinajstić information content (AvgIpc) is 3.06. The molecular weight excluding hydrogens is 272 g/mol. The summed E-state index contributed by atoms with van der Waals surface area (Å²) in [5.41, 5.74) is 0.859. The first kappa shape index (κ1) is 13.1. The van der Waals surface area contributed by atoms with Gasteiger partial charge in [0.2, 0.25) is 0 Å². The van der Waals surface area contributed by atoms with Crippen molar-refractivity contribution in [3.63, 3.8) is 0 Å². The van der Waals surface area contributed by atoms with E-state index in [1.807, 2.05) is 29.8 Å². The molecule has 6 heteroatoms. The summed E-state index contributed by atoms with van der Waals surface area (Å²) in [5, 5.41) is 4.19. The summed E-state index contributed by atoms with van der Waals surface area (Å²) in [5.74, 6) is 1.76. The number of nitrogens with zero attached hydrogens (tertiary/aromatic N) is 3. The summed E-state index contributed by atoms with van der Waals surface area (Å²) < 4.78 is 7.32. The predicted octanol–water partition coefficient (Wildman–Crippen LogP) is 3.60. The molecule has 3 aromatic heterocycles. The monoisotopic (exact) mass is 288 g/mol. The molecule has 3 aromatic rings. The Hall–Kier alpha value is -1.95. The van der Waals surface area contributed by atoms with Gasteiger partial charge < -0.3 is 14.1 Å². The Kier molecular flexibility index (Phi) is 3.64. The van der Waals surface area contributed by atoms with Crippen LogP contribution in [0.4, 0.5) is 5.82 Å². The van der Waals surface area contributed by atoms with Crippen molar-refractivity contribution in [2.24, 2.45) is 0 Å². The number of aryl methyl sites for hydroxylation is 1. The molecule has 3 heterocycles. The molecule has 5 nitrogen and oxygen atoms in total. The van der Waals surface area contributed by atoms with E-state index in [-0.39, 0.29) is 0 Å². The van der Waals surface area contributed by atoms with Crippen LogP contribution >= 0.6 is 11.8 Å². The fraction of sp³-hybridized carbons (Fsp3) is 0.286. The number of hydrogen-bond acceptors (Lipinski definition) is 5. The Labute approximate surface area is 121 Å². The van der Waals surface area contributed by atoms with Crippen LogP contribution in [0.25, 0.3) is 5.65 Å². The first-order chi connectivity index (χ1) is 9.78. The van der Waals surface area contributed by atoms with Crippen molar-refractivity contribution in [2.75, 3.05) is 11.9 Å². The minimum Gasteiger partial charge on any atom is -0.468 e. The van der Waals surface area contributed by atoms with Gasteiger partial charge in [-0.1, -0.05) is 18.7 Å². The Bertz CT molecular complexity index is 719. The number of anilines is 1. The van der Waals surface area contributed by atoms with E-state index in [4.69, 9.17) is 4.42 Å². The zero-order valence-corrected chi connectivity index (χ0v) is 12.3. The highest BCUT2D eigenvalue weighted by Gasteiger charge is 2.11. The quantitative estimate of drug-likeness (QED) is 0.777. The number of rotatable bonds is 5. The minimum atomic E-state index is 0.859. The topological polar surface area (TPSA) is 55.4 Å². The zero-order valence-electron chi connectivity index (χ0n) is 11.5. The third-order valence-corrected chi connectivity index (χ3v) is 4.03. The fourth-order valence-corrected chi connectivity index (χ4v) is 2.81. The zero-order chi connectivity index (χ0) is 13.9. The lowest BCUT2D eigenvalue weighted by molar-refractivity contribution is 0.527. The van der Waals surface area contributed by atoms with Crippen LogP contribution in [-0.4, -0.2) is 20.9 Å². The maximum Gasteiger partial charge on any atom is 0.170 e. The number of fused-ring (bicyclic) bond motifs is 1. The summed E-state index contributed by atoms with van der Waals surface area (Å²) in [6.45, 7) is 4.99. The van der Waals surface area contributed by atoms with E-state index in [1.165, 1.54) is 0 Å². The summed E-state index contributed by atoms with van der Waals surface area (Å²) >= 11 is 1.57. The lowest BCUT2D eigenvalue weighted by atomic mass is 10.5. The van der Waals surface area contributed by atoms with Crippen molar-refractivity contribution in [2.45, 2.75) is 30.2 Å². The molecule has 0 aliphatic heterocycles. The molecule has 0 fully saturated rings. The molecule has 0 saturated carbocycles. The van der Waals surface area contributed by atoms with Gasteiger partial charge in [-0.15, -0.1) is 0 Å². The van der Waals surface area contributed by atoms with Gasteiger partial charge in [0.05, 0.1) is 17.4 Å². The smallest absolute Gasteiger partial charge is 0.170 e. The molecule has 0 saturated heterocycles.